The van der Waals surface area contributed by atoms with Gasteiger partial charge in [0.25, 0.3) is 0 Å². The topological polar surface area (TPSA) is 59.5 Å². The fraction of sp³-hybridized carbons (Fsp3) is 0.381. The summed E-state index contributed by atoms with van der Waals surface area (Å²) in [7, 11) is 0. The number of hydrogen-bond donors (Lipinski definition) is 0. The van der Waals surface area contributed by atoms with Crippen molar-refractivity contribution in [2.45, 2.75) is 38.6 Å². The summed E-state index contributed by atoms with van der Waals surface area (Å²) < 4.78 is 5.67. The van der Waals surface area contributed by atoms with Crippen LogP contribution in [0.4, 0.5) is 0 Å². The first-order valence-electron chi connectivity index (χ1n) is 9.08. The highest BCUT2D eigenvalue weighted by atomic mass is 16.5. The van der Waals surface area contributed by atoms with Gasteiger partial charge in [0.1, 0.15) is 5.75 Å². The van der Waals surface area contributed by atoms with Crippen LogP contribution in [0.15, 0.2) is 48.8 Å². The molecule has 5 heteroatoms. The molecule has 1 fully saturated rings. The van der Waals surface area contributed by atoms with Crippen LogP contribution in [0.2, 0.25) is 0 Å². The van der Waals surface area contributed by atoms with Crippen LogP contribution in [0.1, 0.15) is 54.6 Å². The molecule has 0 aliphatic carbocycles. The molecule has 2 heterocycles. The molecule has 1 unspecified atom stereocenters. The van der Waals surface area contributed by atoms with Gasteiger partial charge >= 0.3 is 0 Å². The molecule has 1 amide bonds. The van der Waals surface area contributed by atoms with Crippen LogP contribution in [0, 0.1) is 0 Å². The average Bonchev–Trinajstić information content (AvgIpc) is 3.16. The third-order valence-electron chi connectivity index (χ3n) is 4.73. The first-order chi connectivity index (χ1) is 12.6. The van der Waals surface area contributed by atoms with E-state index in [9.17, 15) is 9.59 Å². The minimum atomic E-state index is 0.0384. The molecule has 136 valence electrons. The number of carbonyl (C=O) groups excluding carboxylic acids is 2. The Hall–Kier alpha value is -2.69. The molecular formula is C21H24N2O3. The maximum Gasteiger partial charge on any atom is 0.223 e. The lowest BCUT2D eigenvalue weighted by atomic mass is 10.1. The largest absolute Gasteiger partial charge is 0.494 e. The highest BCUT2D eigenvalue weighted by Gasteiger charge is 2.29. The third kappa shape index (κ3) is 4.48. The summed E-state index contributed by atoms with van der Waals surface area (Å²) >= 11 is 0. The van der Waals surface area contributed by atoms with Crippen LogP contribution in [-0.4, -0.2) is 34.7 Å². The van der Waals surface area contributed by atoms with Gasteiger partial charge in [-0.2, -0.15) is 0 Å². The minimum Gasteiger partial charge on any atom is -0.494 e. The van der Waals surface area contributed by atoms with Gasteiger partial charge in [-0.25, -0.2) is 0 Å². The Morgan fingerprint density at radius 1 is 1.15 bits per heavy atom. The van der Waals surface area contributed by atoms with Crippen LogP contribution in [0.3, 0.4) is 0 Å². The van der Waals surface area contributed by atoms with Gasteiger partial charge in [-0.3, -0.25) is 14.6 Å². The SMILES string of the molecule is CC(=O)c1ccc(OCCCC(=O)N2CCCC2c2ccncc2)cc1. The molecule has 1 atom stereocenters. The van der Waals surface area contributed by atoms with Gasteiger partial charge in [-0.1, -0.05) is 0 Å². The average molecular weight is 352 g/mol. The second-order valence-electron chi connectivity index (χ2n) is 6.56. The number of pyridine rings is 1. The van der Waals surface area contributed by atoms with Crippen LogP contribution in [0.25, 0.3) is 0 Å². The number of benzene rings is 1. The molecule has 1 aliphatic rings. The molecule has 0 bridgehead atoms. The zero-order valence-electron chi connectivity index (χ0n) is 15.1. The third-order valence-corrected chi connectivity index (χ3v) is 4.73. The Balaban J connectivity index is 1.46. The zero-order valence-corrected chi connectivity index (χ0v) is 15.1. The van der Waals surface area contributed by atoms with Gasteiger partial charge < -0.3 is 9.64 Å². The van der Waals surface area contributed by atoms with Crippen LogP contribution >= 0.6 is 0 Å². The summed E-state index contributed by atoms with van der Waals surface area (Å²) in [6, 6.07) is 11.2. The zero-order chi connectivity index (χ0) is 18.4. The van der Waals surface area contributed by atoms with Crippen molar-refractivity contribution in [1.29, 1.82) is 0 Å². The van der Waals surface area contributed by atoms with E-state index in [0.717, 1.165) is 30.7 Å². The second-order valence-corrected chi connectivity index (χ2v) is 6.56. The summed E-state index contributed by atoms with van der Waals surface area (Å²) in [6.45, 7) is 2.84. The molecule has 0 N–H and O–H groups in total. The molecule has 1 saturated heterocycles. The van der Waals surface area contributed by atoms with Gasteiger partial charge in [-0.15, -0.1) is 0 Å². The number of nitrogens with zero attached hydrogens (tertiary/aromatic N) is 2. The second kappa shape index (κ2) is 8.61. The van der Waals surface area contributed by atoms with Gasteiger partial charge in [0.2, 0.25) is 5.91 Å². The number of aromatic nitrogens is 1. The number of ether oxygens (including phenoxy) is 1. The van der Waals surface area contributed by atoms with E-state index in [0.29, 0.717) is 25.0 Å². The summed E-state index contributed by atoms with van der Waals surface area (Å²) in [5.41, 5.74) is 1.83. The molecule has 3 rings (SSSR count). The van der Waals surface area contributed by atoms with Crippen molar-refractivity contribution in [3.05, 3.63) is 59.9 Å². The van der Waals surface area contributed by atoms with Gasteiger partial charge in [0, 0.05) is 30.9 Å². The van der Waals surface area contributed by atoms with Crippen molar-refractivity contribution in [1.82, 2.24) is 9.88 Å². The van der Waals surface area contributed by atoms with Crippen molar-refractivity contribution < 1.29 is 14.3 Å². The summed E-state index contributed by atoms with van der Waals surface area (Å²) in [4.78, 5) is 29.9. The lowest BCUT2D eigenvalue weighted by Crippen LogP contribution is -2.30. The van der Waals surface area contributed by atoms with Crippen LogP contribution < -0.4 is 4.74 Å². The smallest absolute Gasteiger partial charge is 0.223 e. The van der Waals surface area contributed by atoms with Gasteiger partial charge in [0.15, 0.2) is 5.78 Å². The molecule has 2 aromatic rings. The van der Waals surface area contributed by atoms with E-state index in [1.807, 2.05) is 17.0 Å². The fourth-order valence-corrected chi connectivity index (χ4v) is 3.34. The Morgan fingerprint density at radius 2 is 1.88 bits per heavy atom. The standard InChI is InChI=1S/C21H24N2O3/c1-16(24)17-6-8-19(9-7-17)26-15-3-5-21(25)23-14-2-4-20(23)18-10-12-22-13-11-18/h6-13,20H,2-5,14-15H2,1H3. The van der Waals surface area contributed by atoms with Crippen LogP contribution in [-0.2, 0) is 4.79 Å². The summed E-state index contributed by atoms with van der Waals surface area (Å²) in [5.74, 6) is 0.939. The van der Waals surface area contributed by atoms with E-state index in [2.05, 4.69) is 4.98 Å². The predicted molar refractivity (Wildman–Crippen MR) is 99.1 cm³/mol. The maximum atomic E-state index is 12.6. The Bertz CT molecular complexity index is 744. The van der Waals surface area contributed by atoms with Crippen LogP contribution in [0.5, 0.6) is 5.75 Å². The van der Waals surface area contributed by atoms with Crippen molar-refractivity contribution in [2.75, 3.05) is 13.2 Å². The molecule has 26 heavy (non-hydrogen) atoms. The molecule has 1 aromatic carbocycles. The Kier molecular flexibility index (Phi) is 6.00. The molecule has 0 saturated carbocycles. The molecular weight excluding hydrogens is 328 g/mol. The number of amides is 1. The first-order valence-corrected chi connectivity index (χ1v) is 9.08. The number of hydrogen-bond acceptors (Lipinski definition) is 4. The van der Waals surface area contributed by atoms with Gasteiger partial charge in [-0.05, 0) is 68.1 Å². The Morgan fingerprint density at radius 3 is 2.58 bits per heavy atom. The fourth-order valence-electron chi connectivity index (χ4n) is 3.34. The highest BCUT2D eigenvalue weighted by molar-refractivity contribution is 5.94. The molecule has 5 nitrogen and oxygen atoms in total. The number of rotatable bonds is 7. The molecule has 1 aromatic heterocycles. The number of likely N-dealkylation sites (tertiary alicyclic amines) is 1. The lowest BCUT2D eigenvalue weighted by Gasteiger charge is -2.25. The quantitative estimate of drug-likeness (QED) is 0.562. The summed E-state index contributed by atoms with van der Waals surface area (Å²) in [5, 5.41) is 0. The highest BCUT2D eigenvalue weighted by Crippen LogP contribution is 2.32. The van der Waals surface area contributed by atoms with Crippen molar-refractivity contribution in [3.63, 3.8) is 0 Å². The van der Waals surface area contributed by atoms with E-state index in [4.69, 9.17) is 4.74 Å². The van der Waals surface area contributed by atoms with Crippen molar-refractivity contribution >= 4 is 11.7 Å². The number of Topliss-reactive ketones (excluding diaryl/α,β-unsaturated/α-hetero) is 1. The molecule has 0 radical (unpaired) electrons. The number of ketones is 1. The number of carbonyl (C=O) groups is 2. The van der Waals surface area contributed by atoms with E-state index < -0.39 is 0 Å². The minimum absolute atomic E-state index is 0.0384. The Labute approximate surface area is 154 Å². The monoisotopic (exact) mass is 352 g/mol. The van der Waals surface area contributed by atoms with E-state index in [1.165, 1.54) is 0 Å². The van der Waals surface area contributed by atoms with Crippen molar-refractivity contribution in [2.24, 2.45) is 0 Å². The van der Waals surface area contributed by atoms with Gasteiger partial charge in [0.05, 0.1) is 12.6 Å². The van der Waals surface area contributed by atoms with E-state index >= 15 is 0 Å². The van der Waals surface area contributed by atoms with E-state index in [-0.39, 0.29) is 17.7 Å². The first kappa shape index (κ1) is 18.1. The normalized spacial score (nSPS) is 16.5. The lowest BCUT2D eigenvalue weighted by molar-refractivity contribution is -0.132. The molecule has 1 aliphatic heterocycles. The summed E-state index contributed by atoms with van der Waals surface area (Å²) in [6.07, 6.45) is 6.76. The van der Waals surface area contributed by atoms with Crippen molar-refractivity contribution in [3.8, 4) is 5.75 Å². The molecule has 0 spiro atoms. The predicted octanol–water partition coefficient (Wildman–Crippen LogP) is 3.81. The van der Waals surface area contributed by atoms with E-state index in [1.54, 1.807) is 43.6 Å². The maximum absolute atomic E-state index is 12.6.